The Morgan fingerprint density at radius 1 is 1.08 bits per heavy atom. The molecule has 0 saturated carbocycles. The first-order valence-corrected chi connectivity index (χ1v) is 10.0. The van der Waals surface area contributed by atoms with E-state index in [1.807, 2.05) is 35.2 Å². The Labute approximate surface area is 164 Å². The molecule has 1 aliphatic rings. The summed E-state index contributed by atoms with van der Waals surface area (Å²) >= 11 is 3.46. The molecule has 1 amide bonds. The number of halogens is 1. The second kappa shape index (κ2) is 7.83. The molecule has 1 saturated heterocycles. The molecule has 0 spiro atoms. The van der Waals surface area contributed by atoms with Gasteiger partial charge in [0.2, 0.25) is 0 Å². The third-order valence-electron chi connectivity index (χ3n) is 5.13. The van der Waals surface area contributed by atoms with Crippen LogP contribution in [0.4, 0.5) is 4.79 Å². The smallest absolute Gasteiger partial charge is 0.411 e. The molecule has 0 aliphatic carbocycles. The van der Waals surface area contributed by atoms with Gasteiger partial charge in [0.05, 0.1) is 6.04 Å². The van der Waals surface area contributed by atoms with E-state index in [-0.39, 0.29) is 12.1 Å². The van der Waals surface area contributed by atoms with Gasteiger partial charge in [-0.2, -0.15) is 0 Å². The number of nitrogens with zero attached hydrogens (tertiary/aromatic N) is 1. The zero-order valence-electron chi connectivity index (χ0n) is 15.6. The number of benzene rings is 2. The summed E-state index contributed by atoms with van der Waals surface area (Å²) in [7, 11) is 0. The Kier molecular flexibility index (Phi) is 5.71. The van der Waals surface area contributed by atoms with Gasteiger partial charge in [0.25, 0.3) is 0 Å². The molecule has 2 aromatic rings. The molecule has 1 fully saturated rings. The SMILES string of the molecule is CC(C)C[C@]1(c2ccccc2)CCN([C@@H](C)c2ccc(Br)cc2)C(=O)O1. The van der Waals surface area contributed by atoms with E-state index in [0.29, 0.717) is 12.5 Å². The Bertz CT molecular complexity index is 744. The van der Waals surface area contributed by atoms with Crippen LogP contribution in [0.25, 0.3) is 0 Å². The molecule has 26 heavy (non-hydrogen) atoms. The van der Waals surface area contributed by atoms with E-state index >= 15 is 0 Å². The van der Waals surface area contributed by atoms with Gasteiger partial charge in [-0.25, -0.2) is 4.79 Å². The van der Waals surface area contributed by atoms with Crippen molar-refractivity contribution in [3.8, 4) is 0 Å². The lowest BCUT2D eigenvalue weighted by Crippen LogP contribution is -2.49. The van der Waals surface area contributed by atoms with E-state index in [9.17, 15) is 4.79 Å². The second-order valence-corrected chi connectivity index (χ2v) is 8.41. The molecule has 4 heteroatoms. The predicted octanol–water partition coefficient (Wildman–Crippen LogP) is 6.29. The first-order chi connectivity index (χ1) is 12.4. The zero-order valence-corrected chi connectivity index (χ0v) is 17.2. The van der Waals surface area contributed by atoms with Gasteiger partial charge in [0.1, 0.15) is 5.60 Å². The van der Waals surface area contributed by atoms with Crippen molar-refractivity contribution in [2.75, 3.05) is 6.54 Å². The highest BCUT2D eigenvalue weighted by Gasteiger charge is 2.43. The monoisotopic (exact) mass is 415 g/mol. The molecule has 0 aromatic heterocycles. The van der Waals surface area contributed by atoms with Gasteiger partial charge in [-0.05, 0) is 42.5 Å². The van der Waals surface area contributed by atoms with Crippen molar-refractivity contribution >= 4 is 22.0 Å². The molecule has 2 atom stereocenters. The molecular weight excluding hydrogens is 390 g/mol. The van der Waals surface area contributed by atoms with Gasteiger partial charge >= 0.3 is 6.09 Å². The van der Waals surface area contributed by atoms with Gasteiger partial charge in [0, 0.05) is 17.4 Å². The van der Waals surface area contributed by atoms with E-state index in [2.05, 4.69) is 61.0 Å². The maximum Gasteiger partial charge on any atom is 0.411 e. The topological polar surface area (TPSA) is 29.5 Å². The number of carbonyl (C=O) groups is 1. The van der Waals surface area contributed by atoms with Crippen molar-refractivity contribution in [3.05, 3.63) is 70.2 Å². The fraction of sp³-hybridized carbons (Fsp3) is 0.409. The van der Waals surface area contributed by atoms with E-state index in [4.69, 9.17) is 4.74 Å². The van der Waals surface area contributed by atoms with Crippen molar-refractivity contribution in [1.29, 1.82) is 0 Å². The molecule has 0 unspecified atom stereocenters. The van der Waals surface area contributed by atoms with Gasteiger partial charge < -0.3 is 9.64 Å². The van der Waals surface area contributed by atoms with Crippen LogP contribution in [0.1, 0.15) is 50.8 Å². The van der Waals surface area contributed by atoms with Crippen molar-refractivity contribution in [1.82, 2.24) is 4.90 Å². The summed E-state index contributed by atoms with van der Waals surface area (Å²) in [5, 5.41) is 0. The van der Waals surface area contributed by atoms with Crippen LogP contribution in [-0.2, 0) is 10.3 Å². The normalized spacial score (nSPS) is 21.6. The largest absolute Gasteiger partial charge is 0.438 e. The quantitative estimate of drug-likeness (QED) is 0.573. The summed E-state index contributed by atoms with van der Waals surface area (Å²) in [5.41, 5.74) is 1.68. The third kappa shape index (κ3) is 3.96. The average molecular weight is 416 g/mol. The highest BCUT2D eigenvalue weighted by atomic mass is 79.9. The highest BCUT2D eigenvalue weighted by molar-refractivity contribution is 9.10. The summed E-state index contributed by atoms with van der Waals surface area (Å²) in [6.07, 6.45) is 1.42. The first-order valence-electron chi connectivity index (χ1n) is 9.22. The summed E-state index contributed by atoms with van der Waals surface area (Å²) in [5.74, 6) is 0.443. The van der Waals surface area contributed by atoms with Gasteiger partial charge in [-0.1, -0.05) is 72.2 Å². The minimum absolute atomic E-state index is 0.0107. The summed E-state index contributed by atoms with van der Waals surface area (Å²) in [4.78, 5) is 14.8. The fourth-order valence-corrected chi connectivity index (χ4v) is 4.07. The van der Waals surface area contributed by atoms with Gasteiger partial charge in [-0.15, -0.1) is 0 Å². The van der Waals surface area contributed by atoms with Crippen LogP contribution in [0.5, 0.6) is 0 Å². The fourth-order valence-electron chi connectivity index (χ4n) is 3.81. The van der Waals surface area contributed by atoms with Gasteiger partial charge in [0.15, 0.2) is 0 Å². The minimum atomic E-state index is -0.525. The second-order valence-electron chi connectivity index (χ2n) is 7.50. The lowest BCUT2D eigenvalue weighted by Gasteiger charge is -2.44. The maximum absolute atomic E-state index is 12.9. The van der Waals surface area contributed by atoms with Crippen molar-refractivity contribution in [2.24, 2.45) is 5.92 Å². The first kappa shape index (κ1) is 19.0. The molecule has 0 radical (unpaired) electrons. The molecule has 0 N–H and O–H groups in total. The van der Waals surface area contributed by atoms with E-state index < -0.39 is 5.60 Å². The molecule has 1 aliphatic heterocycles. The van der Waals surface area contributed by atoms with E-state index in [0.717, 1.165) is 28.4 Å². The summed E-state index contributed by atoms with van der Waals surface area (Å²) in [6, 6.07) is 18.3. The minimum Gasteiger partial charge on any atom is -0.438 e. The Morgan fingerprint density at radius 2 is 1.73 bits per heavy atom. The van der Waals surface area contributed by atoms with Crippen molar-refractivity contribution in [2.45, 2.75) is 45.3 Å². The standard InChI is InChI=1S/C22H26BrNO2/c1-16(2)15-22(19-7-5-4-6-8-19)13-14-24(21(25)26-22)17(3)18-9-11-20(23)12-10-18/h4-12,16-17H,13-15H2,1-3H3/t17-,22-/m0/s1. The third-order valence-corrected chi connectivity index (χ3v) is 5.66. The van der Waals surface area contributed by atoms with Crippen LogP contribution >= 0.6 is 15.9 Å². The van der Waals surface area contributed by atoms with E-state index in [1.165, 1.54) is 0 Å². The number of cyclic esters (lactones) is 1. The number of carbonyl (C=O) groups excluding carboxylic acids is 1. The molecule has 138 valence electrons. The molecule has 3 rings (SSSR count). The number of hydrogen-bond acceptors (Lipinski definition) is 2. The van der Waals surface area contributed by atoms with Crippen LogP contribution in [0.2, 0.25) is 0 Å². The molecule has 3 nitrogen and oxygen atoms in total. The van der Waals surface area contributed by atoms with Crippen molar-refractivity contribution < 1.29 is 9.53 Å². The number of ether oxygens (including phenoxy) is 1. The van der Waals surface area contributed by atoms with Crippen LogP contribution in [0, 0.1) is 5.92 Å². The van der Waals surface area contributed by atoms with Crippen LogP contribution in [0.15, 0.2) is 59.1 Å². The predicted molar refractivity (Wildman–Crippen MR) is 108 cm³/mol. The van der Waals surface area contributed by atoms with Crippen LogP contribution in [0.3, 0.4) is 0 Å². The van der Waals surface area contributed by atoms with E-state index in [1.54, 1.807) is 0 Å². The summed E-state index contributed by atoms with van der Waals surface area (Å²) in [6.45, 7) is 7.10. The molecular formula is C22H26BrNO2. The molecule has 0 bridgehead atoms. The maximum atomic E-state index is 12.9. The lowest BCUT2D eigenvalue weighted by molar-refractivity contribution is -0.0715. The van der Waals surface area contributed by atoms with Gasteiger partial charge in [-0.3, -0.25) is 0 Å². The Hall–Kier alpha value is -1.81. The Morgan fingerprint density at radius 3 is 2.31 bits per heavy atom. The van der Waals surface area contributed by atoms with Crippen molar-refractivity contribution in [3.63, 3.8) is 0 Å². The highest BCUT2D eigenvalue weighted by Crippen LogP contribution is 2.41. The number of rotatable bonds is 5. The number of hydrogen-bond donors (Lipinski definition) is 0. The van der Waals surface area contributed by atoms with Crippen LogP contribution < -0.4 is 0 Å². The molecule has 1 heterocycles. The van der Waals surface area contributed by atoms with Crippen LogP contribution in [-0.4, -0.2) is 17.5 Å². The summed E-state index contributed by atoms with van der Waals surface area (Å²) < 4.78 is 7.16. The lowest BCUT2D eigenvalue weighted by atomic mass is 9.81. The molecule has 2 aromatic carbocycles. The average Bonchev–Trinajstić information content (AvgIpc) is 2.62. The zero-order chi connectivity index (χ0) is 18.7. The number of amides is 1. The Balaban J connectivity index is 1.83.